The number of likely N-dealkylation sites (tertiary alicyclic amines) is 1. The van der Waals surface area contributed by atoms with E-state index in [9.17, 15) is 18.0 Å². The van der Waals surface area contributed by atoms with Crippen LogP contribution in [-0.2, 0) is 4.79 Å². The van der Waals surface area contributed by atoms with Gasteiger partial charge in [-0.05, 0) is 25.3 Å². The van der Waals surface area contributed by atoms with Crippen LogP contribution in [0.5, 0.6) is 0 Å². The number of halogens is 3. The Kier molecular flexibility index (Phi) is 5.40. The van der Waals surface area contributed by atoms with E-state index in [-0.39, 0.29) is 12.6 Å². The summed E-state index contributed by atoms with van der Waals surface area (Å²) in [5, 5.41) is 1.88. The van der Waals surface area contributed by atoms with Crippen molar-refractivity contribution in [2.45, 2.75) is 32.0 Å². The lowest BCUT2D eigenvalue weighted by Crippen LogP contribution is -2.50. The molecule has 1 amide bonds. The van der Waals surface area contributed by atoms with Crippen LogP contribution in [0.1, 0.15) is 19.8 Å². The molecule has 0 aliphatic carbocycles. The molecule has 2 atom stereocenters. The Morgan fingerprint density at radius 2 is 2.17 bits per heavy atom. The second-order valence-corrected chi connectivity index (χ2v) is 4.88. The summed E-state index contributed by atoms with van der Waals surface area (Å²) in [6.07, 6.45) is -2.52. The first-order chi connectivity index (χ1) is 8.31. The summed E-state index contributed by atoms with van der Waals surface area (Å²) in [5.74, 6) is -0.0478. The number of nitrogens with zero attached hydrogens (tertiary/aromatic N) is 1. The van der Waals surface area contributed by atoms with Gasteiger partial charge in [-0.1, -0.05) is 6.92 Å². The van der Waals surface area contributed by atoms with Gasteiger partial charge in [0.2, 0.25) is 5.91 Å². The molecule has 0 spiro atoms. The van der Waals surface area contributed by atoms with Gasteiger partial charge in [0, 0.05) is 12.6 Å². The van der Waals surface area contributed by atoms with Crippen LogP contribution in [0.15, 0.2) is 0 Å². The minimum atomic E-state index is -4.36. The van der Waals surface area contributed by atoms with Crippen molar-refractivity contribution in [3.63, 3.8) is 0 Å². The molecule has 4 nitrogen and oxygen atoms in total. The normalized spacial score (nSPS) is 26.1. The van der Waals surface area contributed by atoms with Crippen LogP contribution in [0.3, 0.4) is 0 Å². The summed E-state index contributed by atoms with van der Waals surface area (Å²) in [6.45, 7) is 1.97. The predicted molar refractivity (Wildman–Crippen MR) is 61.9 cm³/mol. The van der Waals surface area contributed by atoms with Crippen LogP contribution in [0.4, 0.5) is 13.2 Å². The van der Waals surface area contributed by atoms with Gasteiger partial charge in [0.25, 0.3) is 0 Å². The monoisotopic (exact) mass is 267 g/mol. The van der Waals surface area contributed by atoms with Gasteiger partial charge in [-0.25, -0.2) is 0 Å². The zero-order valence-corrected chi connectivity index (χ0v) is 10.5. The highest BCUT2D eigenvalue weighted by Gasteiger charge is 2.30. The van der Waals surface area contributed by atoms with Crippen molar-refractivity contribution in [1.29, 1.82) is 0 Å². The van der Waals surface area contributed by atoms with E-state index in [1.54, 1.807) is 0 Å². The average Bonchev–Trinajstić information content (AvgIpc) is 2.28. The molecule has 0 radical (unpaired) electrons. The highest BCUT2D eigenvalue weighted by Crippen LogP contribution is 2.21. The molecule has 3 N–H and O–H groups in total. The summed E-state index contributed by atoms with van der Waals surface area (Å²) in [5.41, 5.74) is 5.62. The maximum Gasteiger partial charge on any atom is 0.405 e. The minimum absolute atomic E-state index is 0.00926. The Hall–Kier alpha value is -0.820. The molecule has 1 aliphatic rings. The number of amides is 1. The lowest BCUT2D eigenvalue weighted by molar-refractivity contribution is -0.139. The number of carbonyl (C=O) groups excluding carboxylic acids is 1. The predicted octanol–water partition coefficient (Wildman–Crippen LogP) is 0.724. The lowest BCUT2D eigenvalue weighted by atomic mass is 9.92. The molecule has 0 bridgehead atoms. The standard InChI is InChI=1S/C11H20F3N3O/c1-8-2-3-17(9(4-8)5-15)6-10(18)16-7-11(12,13)14/h8-9H,2-7,15H2,1H3,(H,16,18). The fourth-order valence-electron chi connectivity index (χ4n) is 2.19. The van der Waals surface area contributed by atoms with Crippen molar-refractivity contribution in [2.75, 3.05) is 26.2 Å². The van der Waals surface area contributed by atoms with Crippen molar-refractivity contribution in [3.8, 4) is 0 Å². The number of rotatable bonds is 4. The molecular weight excluding hydrogens is 247 g/mol. The number of hydrogen-bond acceptors (Lipinski definition) is 3. The smallest absolute Gasteiger partial charge is 0.346 e. The summed E-state index contributed by atoms with van der Waals surface area (Å²) in [7, 11) is 0. The lowest BCUT2D eigenvalue weighted by Gasteiger charge is -2.37. The van der Waals surface area contributed by atoms with Crippen LogP contribution in [0, 0.1) is 5.92 Å². The third kappa shape index (κ3) is 5.22. The minimum Gasteiger partial charge on any atom is -0.346 e. The Morgan fingerprint density at radius 3 is 2.72 bits per heavy atom. The van der Waals surface area contributed by atoms with Gasteiger partial charge in [-0.15, -0.1) is 0 Å². The molecule has 106 valence electrons. The van der Waals surface area contributed by atoms with E-state index in [0.717, 1.165) is 12.8 Å². The molecule has 1 fully saturated rings. The molecule has 0 aromatic carbocycles. The first-order valence-corrected chi connectivity index (χ1v) is 6.09. The highest BCUT2D eigenvalue weighted by molar-refractivity contribution is 5.78. The topological polar surface area (TPSA) is 58.4 Å². The Morgan fingerprint density at radius 1 is 1.50 bits per heavy atom. The fourth-order valence-corrected chi connectivity index (χ4v) is 2.19. The average molecular weight is 267 g/mol. The Labute approximate surface area is 105 Å². The van der Waals surface area contributed by atoms with Gasteiger partial charge in [0.15, 0.2) is 0 Å². The highest BCUT2D eigenvalue weighted by atomic mass is 19.4. The molecule has 0 aromatic heterocycles. The Balaban J connectivity index is 2.38. The van der Waals surface area contributed by atoms with Crippen molar-refractivity contribution in [3.05, 3.63) is 0 Å². The number of nitrogens with two attached hydrogens (primary N) is 1. The molecule has 1 saturated heterocycles. The zero-order chi connectivity index (χ0) is 13.8. The van der Waals surface area contributed by atoms with Crippen LogP contribution in [0.2, 0.25) is 0 Å². The molecule has 1 rings (SSSR count). The summed E-state index contributed by atoms with van der Waals surface area (Å²) >= 11 is 0. The van der Waals surface area contributed by atoms with E-state index < -0.39 is 18.6 Å². The number of alkyl halides is 3. The number of nitrogens with one attached hydrogen (secondary N) is 1. The van der Waals surface area contributed by atoms with Gasteiger partial charge in [-0.2, -0.15) is 13.2 Å². The molecule has 0 saturated carbocycles. The first kappa shape index (κ1) is 15.2. The summed E-state index contributed by atoms with van der Waals surface area (Å²) in [4.78, 5) is 13.3. The summed E-state index contributed by atoms with van der Waals surface area (Å²) in [6, 6.07) is 0.0883. The molecule has 18 heavy (non-hydrogen) atoms. The largest absolute Gasteiger partial charge is 0.405 e. The molecular formula is C11H20F3N3O. The van der Waals surface area contributed by atoms with E-state index in [1.807, 2.05) is 10.2 Å². The van der Waals surface area contributed by atoms with Gasteiger partial charge >= 0.3 is 6.18 Å². The quantitative estimate of drug-likeness (QED) is 0.789. The third-order valence-electron chi connectivity index (χ3n) is 3.20. The number of hydrogen-bond donors (Lipinski definition) is 2. The van der Waals surface area contributed by atoms with Gasteiger partial charge in [-0.3, -0.25) is 9.69 Å². The SMILES string of the molecule is CC1CCN(CC(=O)NCC(F)(F)F)C(CN)C1. The first-order valence-electron chi connectivity index (χ1n) is 6.09. The second kappa shape index (κ2) is 6.38. The number of piperidine rings is 1. The zero-order valence-electron chi connectivity index (χ0n) is 10.5. The van der Waals surface area contributed by atoms with Crippen LogP contribution in [-0.4, -0.2) is 49.2 Å². The number of carbonyl (C=O) groups is 1. The van der Waals surface area contributed by atoms with Crippen molar-refractivity contribution in [2.24, 2.45) is 11.7 Å². The van der Waals surface area contributed by atoms with Crippen LogP contribution in [0.25, 0.3) is 0 Å². The molecule has 1 aliphatic heterocycles. The Bertz CT molecular complexity index is 283. The maximum atomic E-state index is 11.9. The van der Waals surface area contributed by atoms with Gasteiger partial charge in [0.1, 0.15) is 6.54 Å². The van der Waals surface area contributed by atoms with E-state index in [4.69, 9.17) is 5.73 Å². The van der Waals surface area contributed by atoms with Crippen molar-refractivity contribution < 1.29 is 18.0 Å². The third-order valence-corrected chi connectivity index (χ3v) is 3.20. The molecule has 7 heteroatoms. The van der Waals surface area contributed by atoms with E-state index in [0.29, 0.717) is 19.0 Å². The van der Waals surface area contributed by atoms with Crippen LogP contribution < -0.4 is 11.1 Å². The van der Waals surface area contributed by atoms with Gasteiger partial charge in [0.05, 0.1) is 6.54 Å². The van der Waals surface area contributed by atoms with Gasteiger partial charge < -0.3 is 11.1 Å². The van der Waals surface area contributed by atoms with Crippen LogP contribution >= 0.6 is 0 Å². The fraction of sp³-hybridized carbons (Fsp3) is 0.909. The van der Waals surface area contributed by atoms with E-state index in [1.165, 1.54) is 0 Å². The molecule has 1 heterocycles. The van der Waals surface area contributed by atoms with E-state index >= 15 is 0 Å². The second-order valence-electron chi connectivity index (χ2n) is 4.88. The molecule has 2 unspecified atom stereocenters. The van der Waals surface area contributed by atoms with Crippen molar-refractivity contribution in [1.82, 2.24) is 10.2 Å². The maximum absolute atomic E-state index is 11.9. The molecule has 0 aromatic rings. The summed E-state index contributed by atoms with van der Waals surface area (Å²) < 4.78 is 35.8. The van der Waals surface area contributed by atoms with Crippen molar-refractivity contribution >= 4 is 5.91 Å². The van der Waals surface area contributed by atoms with E-state index in [2.05, 4.69) is 6.92 Å².